The summed E-state index contributed by atoms with van der Waals surface area (Å²) in [6.45, 7) is 2.12. The number of carbonyl (C=O) groups is 1. The molecule has 0 radical (unpaired) electrons. The van der Waals surface area contributed by atoms with Gasteiger partial charge in [0.1, 0.15) is 22.8 Å². The smallest absolute Gasteiger partial charge is 0.330 e. The van der Waals surface area contributed by atoms with E-state index < -0.39 is 5.60 Å². The summed E-state index contributed by atoms with van der Waals surface area (Å²) >= 11 is 0. The molecule has 0 saturated carbocycles. The van der Waals surface area contributed by atoms with Crippen LogP contribution < -0.4 is 14.2 Å². The van der Waals surface area contributed by atoms with E-state index >= 15 is 0 Å². The highest BCUT2D eigenvalue weighted by molar-refractivity contribution is 5.81. The topological polar surface area (TPSA) is 66.5 Å². The van der Waals surface area contributed by atoms with Gasteiger partial charge in [0.25, 0.3) is 0 Å². The highest BCUT2D eigenvalue weighted by Gasteiger charge is 2.38. The molecule has 0 aliphatic carbocycles. The van der Waals surface area contributed by atoms with E-state index in [0.717, 1.165) is 53.3 Å². The Balaban J connectivity index is 1.72. The summed E-state index contributed by atoms with van der Waals surface area (Å²) in [5.74, 6) is 1.98. The van der Waals surface area contributed by atoms with Gasteiger partial charge in [-0.2, -0.15) is 0 Å². The van der Waals surface area contributed by atoms with Crippen LogP contribution in [0.1, 0.15) is 29.5 Å². The fourth-order valence-electron chi connectivity index (χ4n) is 5.15. The molecular formula is C32H37NO6. The Morgan fingerprint density at radius 1 is 0.795 bits per heavy atom. The first-order chi connectivity index (χ1) is 19.0. The third kappa shape index (κ3) is 6.44. The molecule has 7 heteroatoms. The molecule has 1 aliphatic rings. The van der Waals surface area contributed by atoms with Gasteiger partial charge >= 0.3 is 5.97 Å². The van der Waals surface area contributed by atoms with Gasteiger partial charge in [0.15, 0.2) is 0 Å². The minimum atomic E-state index is -0.901. The normalized spacial score (nSPS) is 15.8. The lowest BCUT2D eigenvalue weighted by Crippen LogP contribution is -2.37. The Hall–Kier alpha value is -3.81. The fraction of sp³-hybridized carbons (Fsp3) is 0.344. The summed E-state index contributed by atoms with van der Waals surface area (Å²) in [6, 6.07) is 24.2. The molecule has 0 spiro atoms. The molecule has 1 atom stereocenters. The third-order valence-electron chi connectivity index (χ3n) is 7.26. The average Bonchev–Trinajstić information content (AvgIpc) is 3.45. The summed E-state index contributed by atoms with van der Waals surface area (Å²) in [5.41, 5.74) is 2.02. The maximum atomic E-state index is 11.6. The second-order valence-electron chi connectivity index (χ2n) is 9.34. The zero-order valence-corrected chi connectivity index (χ0v) is 23.1. The van der Waals surface area contributed by atoms with E-state index in [-0.39, 0.29) is 12.0 Å². The van der Waals surface area contributed by atoms with Crippen LogP contribution in [0.2, 0.25) is 0 Å². The van der Waals surface area contributed by atoms with Crippen molar-refractivity contribution < 1.29 is 28.5 Å². The van der Waals surface area contributed by atoms with Crippen molar-refractivity contribution in [3.63, 3.8) is 0 Å². The average molecular weight is 532 g/mol. The van der Waals surface area contributed by atoms with Crippen molar-refractivity contribution in [1.82, 2.24) is 4.90 Å². The zero-order valence-electron chi connectivity index (χ0n) is 23.1. The summed E-state index contributed by atoms with van der Waals surface area (Å²) in [5, 5.41) is 0. The number of rotatable bonds is 12. The predicted octanol–water partition coefficient (Wildman–Crippen LogP) is 5.21. The Morgan fingerprint density at radius 3 is 1.67 bits per heavy atom. The monoisotopic (exact) mass is 531 g/mol. The van der Waals surface area contributed by atoms with Crippen LogP contribution in [-0.2, 0) is 19.9 Å². The van der Waals surface area contributed by atoms with Crippen LogP contribution in [0.4, 0.5) is 0 Å². The Labute approximate surface area is 230 Å². The first-order valence-electron chi connectivity index (χ1n) is 13.1. The molecule has 3 aromatic carbocycles. The Morgan fingerprint density at radius 2 is 1.26 bits per heavy atom. The highest BCUT2D eigenvalue weighted by atomic mass is 16.5. The third-order valence-corrected chi connectivity index (χ3v) is 7.26. The molecule has 1 heterocycles. The van der Waals surface area contributed by atoms with Crippen LogP contribution in [0.25, 0.3) is 0 Å². The van der Waals surface area contributed by atoms with E-state index in [9.17, 15) is 4.79 Å². The van der Waals surface area contributed by atoms with Crippen molar-refractivity contribution in [2.45, 2.75) is 24.5 Å². The van der Waals surface area contributed by atoms with E-state index in [4.69, 9.17) is 23.7 Å². The summed E-state index contributed by atoms with van der Waals surface area (Å²) < 4.78 is 28.1. The lowest BCUT2D eigenvalue weighted by molar-refractivity contribution is -0.134. The molecule has 1 saturated heterocycles. The van der Waals surface area contributed by atoms with Gasteiger partial charge in [-0.3, -0.25) is 4.90 Å². The number of esters is 1. The van der Waals surface area contributed by atoms with Gasteiger partial charge in [-0.05, 0) is 72.5 Å². The van der Waals surface area contributed by atoms with Crippen molar-refractivity contribution in [3.05, 3.63) is 102 Å². The van der Waals surface area contributed by atoms with E-state index in [2.05, 4.69) is 4.90 Å². The number of likely N-dealkylation sites (tertiary alicyclic amines) is 1. The number of hydrogen-bond donors (Lipinski definition) is 0. The second kappa shape index (κ2) is 13.3. The maximum Gasteiger partial charge on any atom is 0.330 e. The molecule has 1 aliphatic heterocycles. The molecule has 4 rings (SSSR count). The Bertz CT molecular complexity index is 1110. The van der Waals surface area contributed by atoms with Crippen LogP contribution in [0.3, 0.4) is 0 Å². The van der Waals surface area contributed by atoms with E-state index in [1.807, 2.05) is 78.9 Å². The van der Waals surface area contributed by atoms with E-state index in [1.54, 1.807) is 21.3 Å². The Kier molecular flexibility index (Phi) is 9.63. The lowest BCUT2D eigenvalue weighted by atomic mass is 9.80. The number of carbonyl (C=O) groups excluding carboxylic acids is 1. The van der Waals surface area contributed by atoms with Gasteiger partial charge in [-0.15, -0.1) is 0 Å². The van der Waals surface area contributed by atoms with Crippen molar-refractivity contribution >= 4 is 5.97 Å². The minimum absolute atomic E-state index is 0.171. The van der Waals surface area contributed by atoms with Gasteiger partial charge < -0.3 is 23.7 Å². The van der Waals surface area contributed by atoms with Crippen molar-refractivity contribution in [2.24, 2.45) is 0 Å². The molecule has 1 fully saturated rings. The number of hydrogen-bond acceptors (Lipinski definition) is 7. The van der Waals surface area contributed by atoms with Gasteiger partial charge in [-0.1, -0.05) is 42.5 Å². The van der Waals surface area contributed by atoms with Gasteiger partial charge in [0.05, 0.1) is 35.0 Å². The summed E-state index contributed by atoms with van der Waals surface area (Å²) in [6.07, 6.45) is 5.51. The van der Waals surface area contributed by atoms with Crippen LogP contribution in [0.5, 0.6) is 17.2 Å². The molecule has 7 nitrogen and oxygen atoms in total. The molecule has 0 unspecified atom stereocenters. The molecule has 0 aromatic heterocycles. The largest absolute Gasteiger partial charge is 0.497 e. The van der Waals surface area contributed by atoms with Crippen LogP contribution in [-0.4, -0.2) is 65.0 Å². The minimum Gasteiger partial charge on any atom is -0.497 e. The maximum absolute atomic E-state index is 11.6. The fourth-order valence-corrected chi connectivity index (χ4v) is 5.15. The van der Waals surface area contributed by atoms with Gasteiger partial charge in [-0.25, -0.2) is 4.79 Å². The van der Waals surface area contributed by atoms with Crippen molar-refractivity contribution in [3.8, 4) is 17.2 Å². The first kappa shape index (κ1) is 28.2. The van der Waals surface area contributed by atoms with Gasteiger partial charge in [0.2, 0.25) is 0 Å². The standard InChI is InChI=1S/C32H37NO6/c1-35-28-14-7-24(8-15-28)32(25-9-16-29(36-2)17-10-25,26-11-18-30(37-3)19-12-26)39-23-22-33-21-5-6-27(33)13-20-31(34)38-4/h7-20,27H,5-6,21-23H2,1-4H3/b20-13+/t27-/m0/s1. The van der Waals surface area contributed by atoms with Crippen molar-refractivity contribution in [2.75, 3.05) is 48.1 Å². The molecule has 0 amide bonds. The quantitative estimate of drug-likeness (QED) is 0.180. The molecule has 3 aromatic rings. The van der Waals surface area contributed by atoms with E-state index in [1.165, 1.54) is 13.2 Å². The highest BCUT2D eigenvalue weighted by Crippen LogP contribution is 2.42. The number of nitrogens with zero attached hydrogens (tertiary/aromatic N) is 1. The number of benzene rings is 3. The van der Waals surface area contributed by atoms with Gasteiger partial charge in [0, 0.05) is 18.7 Å². The summed E-state index contributed by atoms with van der Waals surface area (Å²) in [7, 11) is 6.37. The van der Waals surface area contributed by atoms with Crippen LogP contribution in [0, 0.1) is 0 Å². The first-order valence-corrected chi connectivity index (χ1v) is 13.1. The molecule has 0 N–H and O–H groups in total. The number of methoxy groups -OCH3 is 4. The lowest BCUT2D eigenvalue weighted by Gasteiger charge is -2.37. The van der Waals surface area contributed by atoms with Crippen LogP contribution in [0.15, 0.2) is 84.9 Å². The molecule has 39 heavy (non-hydrogen) atoms. The SMILES string of the molecule is COC(=O)/C=C/[C@@H]1CCCN1CCOC(c1ccc(OC)cc1)(c1ccc(OC)cc1)c1ccc(OC)cc1. The van der Waals surface area contributed by atoms with Crippen LogP contribution >= 0.6 is 0 Å². The molecule has 206 valence electrons. The molecular weight excluding hydrogens is 494 g/mol. The zero-order chi connectivity index (χ0) is 27.7. The number of ether oxygens (including phenoxy) is 5. The molecule has 0 bridgehead atoms. The predicted molar refractivity (Wildman–Crippen MR) is 151 cm³/mol. The van der Waals surface area contributed by atoms with Crippen molar-refractivity contribution in [1.29, 1.82) is 0 Å². The van der Waals surface area contributed by atoms with E-state index in [0.29, 0.717) is 13.2 Å². The second-order valence-corrected chi connectivity index (χ2v) is 9.34. The summed E-state index contributed by atoms with van der Waals surface area (Å²) in [4.78, 5) is 14.0.